The summed E-state index contributed by atoms with van der Waals surface area (Å²) in [6, 6.07) is 7.00. The van der Waals surface area contributed by atoms with Crippen molar-refractivity contribution in [1.29, 1.82) is 0 Å². The second-order valence-electron chi connectivity index (χ2n) is 5.45. The van der Waals surface area contributed by atoms with Gasteiger partial charge in [0.1, 0.15) is 0 Å². The zero-order valence-corrected chi connectivity index (χ0v) is 13.7. The van der Waals surface area contributed by atoms with E-state index in [-0.39, 0.29) is 29.9 Å². The average molecular weight is 330 g/mol. The Kier molecular flexibility index (Phi) is 5.27. The highest BCUT2D eigenvalue weighted by molar-refractivity contribution is 7.91. The van der Waals surface area contributed by atoms with E-state index in [9.17, 15) is 13.2 Å². The SMILES string of the molecule is CCCN(C(=O)Cc1ccc(Cl)cc1)C1CCS(=O)(=O)C1. The molecule has 0 spiro atoms. The van der Waals surface area contributed by atoms with Crippen molar-refractivity contribution in [3.8, 4) is 0 Å². The fourth-order valence-corrected chi connectivity index (χ4v) is 4.51. The molecule has 1 aliphatic rings. The Bertz CT molecular complexity index is 598. The quantitative estimate of drug-likeness (QED) is 0.833. The lowest BCUT2D eigenvalue weighted by atomic mass is 10.1. The van der Waals surface area contributed by atoms with Gasteiger partial charge < -0.3 is 4.90 Å². The molecule has 1 unspecified atom stereocenters. The van der Waals surface area contributed by atoms with Crippen LogP contribution < -0.4 is 0 Å². The number of hydrogen-bond donors (Lipinski definition) is 0. The predicted molar refractivity (Wildman–Crippen MR) is 84.2 cm³/mol. The van der Waals surface area contributed by atoms with Crippen LogP contribution in [0.25, 0.3) is 0 Å². The highest BCUT2D eigenvalue weighted by Crippen LogP contribution is 2.19. The Hall–Kier alpha value is -1.07. The normalized spacial score (nSPS) is 20.4. The minimum Gasteiger partial charge on any atom is -0.338 e. The van der Waals surface area contributed by atoms with Crippen LogP contribution in [0.3, 0.4) is 0 Å². The molecule has 0 aliphatic carbocycles. The van der Waals surface area contributed by atoms with Crippen molar-refractivity contribution in [2.75, 3.05) is 18.1 Å². The smallest absolute Gasteiger partial charge is 0.227 e. The van der Waals surface area contributed by atoms with Crippen molar-refractivity contribution in [3.63, 3.8) is 0 Å². The third-order valence-corrected chi connectivity index (χ3v) is 5.70. The van der Waals surface area contributed by atoms with Crippen LogP contribution in [0.5, 0.6) is 0 Å². The number of carbonyl (C=O) groups excluding carboxylic acids is 1. The van der Waals surface area contributed by atoms with Crippen LogP contribution in [-0.2, 0) is 21.1 Å². The van der Waals surface area contributed by atoms with Crippen molar-refractivity contribution in [1.82, 2.24) is 4.90 Å². The van der Waals surface area contributed by atoms with Crippen molar-refractivity contribution in [2.24, 2.45) is 0 Å². The van der Waals surface area contributed by atoms with Crippen LogP contribution in [0, 0.1) is 0 Å². The monoisotopic (exact) mass is 329 g/mol. The predicted octanol–water partition coefficient (Wildman–Crippen LogP) is 2.31. The Morgan fingerprint density at radius 1 is 1.33 bits per heavy atom. The summed E-state index contributed by atoms with van der Waals surface area (Å²) in [6.45, 7) is 2.60. The van der Waals surface area contributed by atoms with Gasteiger partial charge in [0.2, 0.25) is 5.91 Å². The molecule has 2 rings (SSSR count). The van der Waals surface area contributed by atoms with Crippen molar-refractivity contribution >= 4 is 27.3 Å². The highest BCUT2D eigenvalue weighted by Gasteiger charge is 2.34. The summed E-state index contributed by atoms with van der Waals surface area (Å²) < 4.78 is 23.2. The van der Waals surface area contributed by atoms with Crippen LogP contribution in [0.2, 0.25) is 5.02 Å². The third-order valence-electron chi connectivity index (χ3n) is 3.70. The van der Waals surface area contributed by atoms with E-state index in [0.29, 0.717) is 18.0 Å². The van der Waals surface area contributed by atoms with Crippen LogP contribution in [0.1, 0.15) is 25.3 Å². The number of hydrogen-bond acceptors (Lipinski definition) is 3. The Labute approximate surface area is 131 Å². The summed E-state index contributed by atoms with van der Waals surface area (Å²) in [5.41, 5.74) is 0.895. The first-order valence-corrected chi connectivity index (χ1v) is 9.35. The van der Waals surface area contributed by atoms with Gasteiger partial charge in [0, 0.05) is 17.6 Å². The van der Waals surface area contributed by atoms with Gasteiger partial charge in [0.05, 0.1) is 17.9 Å². The Morgan fingerprint density at radius 3 is 2.52 bits per heavy atom. The van der Waals surface area contributed by atoms with Crippen LogP contribution in [-0.4, -0.2) is 43.3 Å². The van der Waals surface area contributed by atoms with Gasteiger partial charge >= 0.3 is 0 Å². The number of nitrogens with zero attached hydrogens (tertiary/aromatic N) is 1. The highest BCUT2D eigenvalue weighted by atomic mass is 35.5. The molecule has 0 bridgehead atoms. The molecule has 0 N–H and O–H groups in total. The lowest BCUT2D eigenvalue weighted by molar-refractivity contribution is -0.132. The van der Waals surface area contributed by atoms with Gasteiger partial charge in [-0.3, -0.25) is 4.79 Å². The summed E-state index contributed by atoms with van der Waals surface area (Å²) in [5.74, 6) is 0.270. The van der Waals surface area contributed by atoms with E-state index in [2.05, 4.69) is 0 Å². The van der Waals surface area contributed by atoms with Gasteiger partial charge in [-0.15, -0.1) is 0 Å². The zero-order chi connectivity index (χ0) is 15.5. The van der Waals surface area contributed by atoms with Gasteiger partial charge in [0.15, 0.2) is 9.84 Å². The van der Waals surface area contributed by atoms with Gasteiger partial charge in [-0.05, 0) is 30.5 Å². The van der Waals surface area contributed by atoms with Gasteiger partial charge in [-0.25, -0.2) is 8.42 Å². The van der Waals surface area contributed by atoms with E-state index < -0.39 is 9.84 Å². The van der Waals surface area contributed by atoms with Crippen molar-refractivity contribution < 1.29 is 13.2 Å². The van der Waals surface area contributed by atoms with Crippen LogP contribution >= 0.6 is 11.6 Å². The largest absolute Gasteiger partial charge is 0.338 e. The average Bonchev–Trinajstić information content (AvgIpc) is 2.78. The number of rotatable bonds is 5. The molecule has 1 atom stereocenters. The summed E-state index contributed by atoms with van der Waals surface area (Å²) in [7, 11) is -2.98. The molecule has 21 heavy (non-hydrogen) atoms. The molecule has 1 fully saturated rings. The molecule has 0 aromatic heterocycles. The summed E-state index contributed by atoms with van der Waals surface area (Å²) in [6.07, 6.45) is 1.66. The third kappa shape index (κ3) is 4.45. The minimum atomic E-state index is -2.98. The zero-order valence-electron chi connectivity index (χ0n) is 12.1. The molecule has 1 aromatic rings. The maximum atomic E-state index is 12.5. The van der Waals surface area contributed by atoms with Gasteiger partial charge in [-0.1, -0.05) is 30.7 Å². The minimum absolute atomic E-state index is 0.0127. The molecule has 6 heteroatoms. The van der Waals surface area contributed by atoms with E-state index in [0.717, 1.165) is 12.0 Å². The van der Waals surface area contributed by atoms with E-state index in [1.807, 2.05) is 19.1 Å². The van der Waals surface area contributed by atoms with Crippen LogP contribution in [0.15, 0.2) is 24.3 Å². The van der Waals surface area contributed by atoms with E-state index >= 15 is 0 Å². The molecule has 1 aromatic carbocycles. The molecular weight excluding hydrogens is 310 g/mol. The number of benzene rings is 1. The molecule has 1 saturated heterocycles. The molecule has 1 aliphatic heterocycles. The lowest BCUT2D eigenvalue weighted by Gasteiger charge is -2.28. The first-order chi connectivity index (χ1) is 9.91. The maximum absolute atomic E-state index is 12.5. The summed E-state index contributed by atoms with van der Waals surface area (Å²) in [5, 5.41) is 0.637. The number of halogens is 1. The summed E-state index contributed by atoms with van der Waals surface area (Å²) in [4.78, 5) is 14.2. The standard InChI is InChI=1S/C15H20ClNO3S/c1-2-8-17(14-7-9-21(19,20)11-14)15(18)10-12-3-5-13(16)6-4-12/h3-6,14H,2,7-11H2,1H3. The topological polar surface area (TPSA) is 54.5 Å². The first kappa shape index (κ1) is 16.3. The van der Waals surface area contributed by atoms with Gasteiger partial charge in [-0.2, -0.15) is 0 Å². The van der Waals surface area contributed by atoms with Crippen LogP contribution in [0.4, 0.5) is 0 Å². The van der Waals surface area contributed by atoms with Crippen molar-refractivity contribution in [2.45, 2.75) is 32.2 Å². The van der Waals surface area contributed by atoms with E-state index in [1.54, 1.807) is 17.0 Å². The van der Waals surface area contributed by atoms with Crippen molar-refractivity contribution in [3.05, 3.63) is 34.9 Å². The maximum Gasteiger partial charge on any atom is 0.227 e. The second-order valence-corrected chi connectivity index (χ2v) is 8.11. The van der Waals surface area contributed by atoms with E-state index in [4.69, 9.17) is 11.6 Å². The fraction of sp³-hybridized carbons (Fsp3) is 0.533. The number of amides is 1. The fourth-order valence-electron chi connectivity index (χ4n) is 2.65. The molecule has 116 valence electrons. The molecule has 1 heterocycles. The Morgan fingerprint density at radius 2 is 2.00 bits per heavy atom. The second kappa shape index (κ2) is 6.79. The molecular formula is C15H20ClNO3S. The molecule has 1 amide bonds. The molecule has 4 nitrogen and oxygen atoms in total. The number of sulfone groups is 1. The Balaban J connectivity index is 2.07. The van der Waals surface area contributed by atoms with E-state index in [1.165, 1.54) is 0 Å². The molecule has 0 radical (unpaired) electrons. The number of carbonyl (C=O) groups is 1. The lowest BCUT2D eigenvalue weighted by Crippen LogP contribution is -2.42. The van der Waals surface area contributed by atoms with Gasteiger partial charge in [0.25, 0.3) is 0 Å². The summed E-state index contributed by atoms with van der Waals surface area (Å²) >= 11 is 5.83. The first-order valence-electron chi connectivity index (χ1n) is 7.15. The molecule has 0 saturated carbocycles.